The molecule has 0 fully saturated rings. The first-order valence-corrected chi connectivity index (χ1v) is 17.8. The molecule has 0 heterocycles. The summed E-state index contributed by atoms with van der Waals surface area (Å²) in [5, 5.41) is 9.02. The summed E-state index contributed by atoms with van der Waals surface area (Å²) in [7, 11) is 0. The summed E-state index contributed by atoms with van der Waals surface area (Å²) in [6.45, 7) is 5.95. The lowest BCUT2D eigenvalue weighted by Crippen LogP contribution is -2.21. The molecular formula is C37H68O4. The largest absolute Gasteiger partial charge is 0.481 e. The van der Waals surface area contributed by atoms with Crippen LogP contribution in [0, 0.1) is 5.92 Å². The molecule has 0 bridgehead atoms. The second-order valence-electron chi connectivity index (χ2n) is 12.2. The van der Waals surface area contributed by atoms with Crippen molar-refractivity contribution in [2.24, 2.45) is 5.92 Å². The molecule has 0 spiro atoms. The van der Waals surface area contributed by atoms with Gasteiger partial charge in [-0.05, 0) is 32.1 Å². The Labute approximate surface area is 255 Å². The Morgan fingerprint density at radius 1 is 0.610 bits per heavy atom. The average molecular weight is 577 g/mol. The van der Waals surface area contributed by atoms with E-state index in [9.17, 15) is 9.59 Å². The number of rotatable bonds is 33. The number of esters is 1. The second-order valence-corrected chi connectivity index (χ2v) is 12.2. The minimum absolute atomic E-state index is 0.136. The van der Waals surface area contributed by atoms with Crippen LogP contribution >= 0.6 is 0 Å². The Morgan fingerprint density at radius 3 is 1.34 bits per heavy atom. The van der Waals surface area contributed by atoms with Gasteiger partial charge in [-0.25, -0.2) is 0 Å². The van der Waals surface area contributed by atoms with Gasteiger partial charge in [0.15, 0.2) is 0 Å². The van der Waals surface area contributed by atoms with Crippen molar-refractivity contribution in [2.75, 3.05) is 6.61 Å². The highest BCUT2D eigenvalue weighted by atomic mass is 16.5. The molecule has 240 valence electrons. The minimum Gasteiger partial charge on any atom is -0.481 e. The van der Waals surface area contributed by atoms with E-state index < -0.39 is 17.9 Å². The normalized spacial score (nSPS) is 12.1. The fraction of sp³-hybridized carbons (Fsp3) is 0.838. The third-order valence-electron chi connectivity index (χ3n) is 8.16. The van der Waals surface area contributed by atoms with Crippen molar-refractivity contribution in [3.63, 3.8) is 0 Å². The molecule has 0 aliphatic heterocycles. The van der Waals surface area contributed by atoms with Crippen molar-refractivity contribution >= 4 is 11.9 Å². The van der Waals surface area contributed by atoms with E-state index in [-0.39, 0.29) is 13.0 Å². The van der Waals surface area contributed by atoms with Crippen LogP contribution in [0.5, 0.6) is 0 Å². The zero-order valence-electron chi connectivity index (χ0n) is 27.2. The van der Waals surface area contributed by atoms with Crippen LogP contribution in [-0.4, -0.2) is 23.7 Å². The highest BCUT2D eigenvalue weighted by molar-refractivity contribution is 5.79. The Balaban J connectivity index is 3.35. The summed E-state index contributed by atoms with van der Waals surface area (Å²) in [5.41, 5.74) is 0. The van der Waals surface area contributed by atoms with E-state index in [1.54, 1.807) is 0 Å². The van der Waals surface area contributed by atoms with Crippen molar-refractivity contribution in [3.8, 4) is 0 Å². The molecular weight excluding hydrogens is 508 g/mol. The first-order chi connectivity index (χ1) is 20.1. The van der Waals surface area contributed by atoms with E-state index in [1.165, 1.54) is 147 Å². The Bertz CT molecular complexity index is 612. The van der Waals surface area contributed by atoms with Gasteiger partial charge >= 0.3 is 11.9 Å². The maximum absolute atomic E-state index is 12.0. The molecule has 4 nitrogen and oxygen atoms in total. The molecule has 0 amide bonds. The number of allylic oxidation sites excluding steroid dienone is 2. The molecule has 0 aromatic rings. The zero-order valence-corrected chi connectivity index (χ0v) is 27.2. The molecule has 0 aromatic heterocycles. The molecule has 0 saturated carbocycles. The fourth-order valence-corrected chi connectivity index (χ4v) is 5.53. The van der Waals surface area contributed by atoms with E-state index in [1.807, 2.05) is 0 Å². The van der Waals surface area contributed by atoms with Crippen molar-refractivity contribution in [3.05, 3.63) is 24.8 Å². The number of carboxylic acid groups (broad SMARTS) is 1. The predicted octanol–water partition coefficient (Wildman–Crippen LogP) is 11.9. The smallest absolute Gasteiger partial charge is 0.309 e. The van der Waals surface area contributed by atoms with Crippen LogP contribution in [0.15, 0.2) is 24.8 Å². The van der Waals surface area contributed by atoms with Gasteiger partial charge in [-0.1, -0.05) is 173 Å². The molecule has 0 aromatic carbocycles. The number of hydrogen-bond acceptors (Lipinski definition) is 3. The molecule has 4 heteroatoms. The summed E-state index contributed by atoms with van der Waals surface area (Å²) in [6.07, 6.45) is 41.6. The van der Waals surface area contributed by atoms with Crippen LogP contribution in [0.1, 0.15) is 187 Å². The van der Waals surface area contributed by atoms with Gasteiger partial charge in [0.05, 0.1) is 12.3 Å². The number of ether oxygens (including phenoxy) is 1. The third kappa shape index (κ3) is 31.2. The topological polar surface area (TPSA) is 63.6 Å². The van der Waals surface area contributed by atoms with E-state index in [2.05, 4.69) is 25.7 Å². The molecule has 0 saturated heterocycles. The van der Waals surface area contributed by atoms with Gasteiger partial charge in [-0.2, -0.15) is 0 Å². The second kappa shape index (κ2) is 32.9. The summed E-state index contributed by atoms with van der Waals surface area (Å²) in [6, 6.07) is 0. The lowest BCUT2D eigenvalue weighted by molar-refractivity contribution is -0.152. The predicted molar refractivity (Wildman–Crippen MR) is 176 cm³/mol. The number of carbonyl (C=O) groups excluding carboxylic acids is 1. The van der Waals surface area contributed by atoms with Gasteiger partial charge in [0.2, 0.25) is 0 Å². The molecule has 1 N–H and O–H groups in total. The van der Waals surface area contributed by atoms with Gasteiger partial charge in [0.1, 0.15) is 6.61 Å². The standard InChI is InChI=1S/C37H68O4/c1-3-5-6-7-8-9-10-11-12-13-14-15-16-17-18-19-20-21-22-23-24-25-26-27-28-29-30-31-32-35(34-36(38)39)37(40)41-33-4-2/h4,27-28,35H,2-3,5-26,29-34H2,1H3,(H,38,39)/b28-27+. The maximum Gasteiger partial charge on any atom is 0.309 e. The minimum atomic E-state index is -0.953. The van der Waals surface area contributed by atoms with E-state index in [0.717, 1.165) is 25.7 Å². The van der Waals surface area contributed by atoms with Gasteiger partial charge in [0.25, 0.3) is 0 Å². The van der Waals surface area contributed by atoms with Gasteiger partial charge in [0, 0.05) is 0 Å². The monoisotopic (exact) mass is 577 g/mol. The number of aliphatic carboxylic acids is 1. The van der Waals surface area contributed by atoms with Crippen molar-refractivity contribution < 1.29 is 19.4 Å². The first-order valence-electron chi connectivity index (χ1n) is 17.8. The lowest BCUT2D eigenvalue weighted by Gasteiger charge is -2.13. The molecule has 0 aliphatic carbocycles. The first kappa shape index (κ1) is 39.4. The van der Waals surface area contributed by atoms with Crippen LogP contribution in [-0.2, 0) is 14.3 Å². The van der Waals surface area contributed by atoms with Crippen LogP contribution in [0.2, 0.25) is 0 Å². The van der Waals surface area contributed by atoms with Gasteiger partial charge in [-0.3, -0.25) is 9.59 Å². The summed E-state index contributed by atoms with van der Waals surface area (Å²) in [4.78, 5) is 23.0. The molecule has 0 radical (unpaired) electrons. The van der Waals surface area contributed by atoms with Crippen LogP contribution in [0.3, 0.4) is 0 Å². The molecule has 1 unspecified atom stereocenters. The van der Waals surface area contributed by atoms with Crippen LogP contribution in [0.25, 0.3) is 0 Å². The maximum atomic E-state index is 12.0. The Morgan fingerprint density at radius 2 is 0.976 bits per heavy atom. The van der Waals surface area contributed by atoms with Crippen molar-refractivity contribution in [1.82, 2.24) is 0 Å². The average Bonchev–Trinajstić information content (AvgIpc) is 2.96. The number of hydrogen-bond donors (Lipinski definition) is 1. The molecule has 1 atom stereocenters. The van der Waals surface area contributed by atoms with Crippen LogP contribution in [0.4, 0.5) is 0 Å². The van der Waals surface area contributed by atoms with E-state index in [4.69, 9.17) is 9.84 Å². The fourth-order valence-electron chi connectivity index (χ4n) is 5.53. The highest BCUT2D eigenvalue weighted by Gasteiger charge is 2.22. The van der Waals surface area contributed by atoms with E-state index in [0.29, 0.717) is 6.42 Å². The summed E-state index contributed by atoms with van der Waals surface area (Å²) < 4.78 is 5.03. The number of carboxylic acids is 1. The Kier molecular flexibility index (Phi) is 31.7. The molecule has 0 aliphatic rings. The quantitative estimate of drug-likeness (QED) is 0.0479. The number of unbranched alkanes of at least 4 members (excludes halogenated alkanes) is 24. The lowest BCUT2D eigenvalue weighted by atomic mass is 9.98. The van der Waals surface area contributed by atoms with Crippen LogP contribution < -0.4 is 0 Å². The van der Waals surface area contributed by atoms with Crippen molar-refractivity contribution in [2.45, 2.75) is 187 Å². The van der Waals surface area contributed by atoms with Crippen molar-refractivity contribution in [1.29, 1.82) is 0 Å². The molecule has 41 heavy (non-hydrogen) atoms. The molecule has 0 rings (SSSR count). The SMILES string of the molecule is C=CCOC(=O)C(CCCC/C=C/CCCCCCCCCCCCCCCCCCCCCCCC)CC(=O)O. The van der Waals surface area contributed by atoms with Gasteiger partial charge in [-0.15, -0.1) is 0 Å². The summed E-state index contributed by atoms with van der Waals surface area (Å²) in [5.74, 6) is -1.93. The third-order valence-corrected chi connectivity index (χ3v) is 8.16. The Hall–Kier alpha value is -1.58. The number of carbonyl (C=O) groups is 2. The zero-order chi connectivity index (χ0) is 30.1. The van der Waals surface area contributed by atoms with Gasteiger partial charge < -0.3 is 9.84 Å². The highest BCUT2D eigenvalue weighted by Crippen LogP contribution is 2.17. The van der Waals surface area contributed by atoms with E-state index >= 15 is 0 Å². The summed E-state index contributed by atoms with van der Waals surface area (Å²) >= 11 is 0.